The molecule has 8 nitrogen and oxygen atoms in total. The van der Waals surface area contributed by atoms with E-state index in [1.54, 1.807) is 42.7 Å². The molecule has 0 radical (unpaired) electrons. The lowest BCUT2D eigenvalue weighted by Gasteiger charge is -2.15. The summed E-state index contributed by atoms with van der Waals surface area (Å²) in [6.07, 6.45) is 3.16. The minimum Gasteiger partial charge on any atom is -0.496 e. The van der Waals surface area contributed by atoms with Gasteiger partial charge in [0.15, 0.2) is 0 Å². The molecular formula is C19H20N4O4. The van der Waals surface area contributed by atoms with Gasteiger partial charge in [-0.15, -0.1) is 0 Å². The summed E-state index contributed by atoms with van der Waals surface area (Å²) in [5.74, 6) is -0.147. The maximum absolute atomic E-state index is 12.5. The molecule has 1 atom stereocenters. The van der Waals surface area contributed by atoms with Gasteiger partial charge in [-0.1, -0.05) is 18.2 Å². The molecule has 0 aliphatic carbocycles. The summed E-state index contributed by atoms with van der Waals surface area (Å²) >= 11 is 0. The maximum atomic E-state index is 12.5. The number of pyridine rings is 1. The molecule has 1 fully saturated rings. The molecule has 2 heterocycles. The van der Waals surface area contributed by atoms with Gasteiger partial charge in [-0.3, -0.25) is 19.5 Å². The van der Waals surface area contributed by atoms with Crippen molar-refractivity contribution >= 4 is 17.8 Å². The highest BCUT2D eigenvalue weighted by Gasteiger charge is 2.39. The number of methoxy groups -OCH3 is 1. The van der Waals surface area contributed by atoms with E-state index in [1.165, 1.54) is 7.11 Å². The zero-order chi connectivity index (χ0) is 19.2. The van der Waals surface area contributed by atoms with Crippen molar-refractivity contribution in [3.8, 4) is 5.75 Å². The third-order valence-corrected chi connectivity index (χ3v) is 4.26. The SMILES string of the molecule is COc1ccccc1CN1C(=O)NC(CC(=O)NCc2ccncc2)C1=O. The van der Waals surface area contributed by atoms with E-state index in [4.69, 9.17) is 4.74 Å². The number of benzene rings is 1. The van der Waals surface area contributed by atoms with Crippen LogP contribution in [0.2, 0.25) is 0 Å². The number of carbonyl (C=O) groups is 3. The number of ether oxygens (including phenoxy) is 1. The monoisotopic (exact) mass is 368 g/mol. The zero-order valence-electron chi connectivity index (χ0n) is 14.8. The number of hydrogen-bond acceptors (Lipinski definition) is 5. The van der Waals surface area contributed by atoms with E-state index in [9.17, 15) is 14.4 Å². The van der Waals surface area contributed by atoms with E-state index in [0.29, 0.717) is 17.9 Å². The van der Waals surface area contributed by atoms with Crippen LogP contribution in [0.1, 0.15) is 17.5 Å². The number of imide groups is 1. The maximum Gasteiger partial charge on any atom is 0.325 e. The number of amides is 4. The lowest BCUT2D eigenvalue weighted by molar-refractivity contribution is -0.131. The van der Waals surface area contributed by atoms with E-state index in [0.717, 1.165) is 10.5 Å². The highest BCUT2D eigenvalue weighted by molar-refractivity contribution is 6.05. The smallest absolute Gasteiger partial charge is 0.325 e. The van der Waals surface area contributed by atoms with Crippen LogP contribution in [0.4, 0.5) is 4.79 Å². The topological polar surface area (TPSA) is 101 Å². The second kappa shape index (κ2) is 8.31. The zero-order valence-corrected chi connectivity index (χ0v) is 14.8. The van der Waals surface area contributed by atoms with Crippen molar-refractivity contribution in [2.45, 2.75) is 25.6 Å². The molecule has 0 saturated carbocycles. The molecular weight excluding hydrogens is 348 g/mol. The molecule has 3 rings (SSSR count). The van der Waals surface area contributed by atoms with Crippen molar-refractivity contribution in [1.29, 1.82) is 0 Å². The number of aromatic nitrogens is 1. The number of urea groups is 1. The number of rotatable bonds is 7. The Hall–Kier alpha value is -3.42. The van der Waals surface area contributed by atoms with Crippen LogP contribution < -0.4 is 15.4 Å². The number of para-hydroxylation sites is 1. The van der Waals surface area contributed by atoms with Crippen LogP contribution in [0, 0.1) is 0 Å². The van der Waals surface area contributed by atoms with E-state index >= 15 is 0 Å². The second-order valence-corrected chi connectivity index (χ2v) is 6.07. The molecule has 1 unspecified atom stereocenters. The molecule has 140 valence electrons. The van der Waals surface area contributed by atoms with Crippen molar-refractivity contribution in [1.82, 2.24) is 20.5 Å². The predicted octanol–water partition coefficient (Wildman–Crippen LogP) is 1.22. The number of hydrogen-bond donors (Lipinski definition) is 2. The van der Waals surface area contributed by atoms with Crippen molar-refractivity contribution in [2.75, 3.05) is 7.11 Å². The summed E-state index contributed by atoms with van der Waals surface area (Å²) in [4.78, 5) is 41.8. The Morgan fingerprint density at radius 3 is 2.70 bits per heavy atom. The van der Waals surface area contributed by atoms with Crippen molar-refractivity contribution in [3.63, 3.8) is 0 Å². The van der Waals surface area contributed by atoms with Gasteiger partial charge >= 0.3 is 6.03 Å². The largest absolute Gasteiger partial charge is 0.496 e. The van der Waals surface area contributed by atoms with Crippen LogP contribution in [-0.4, -0.2) is 40.9 Å². The molecule has 1 aromatic heterocycles. The molecule has 0 bridgehead atoms. The minimum absolute atomic E-state index is 0.0871. The first-order valence-corrected chi connectivity index (χ1v) is 8.48. The van der Waals surface area contributed by atoms with Gasteiger partial charge in [0.05, 0.1) is 20.1 Å². The highest BCUT2D eigenvalue weighted by atomic mass is 16.5. The summed E-state index contributed by atoms with van der Waals surface area (Å²) in [5.41, 5.74) is 1.62. The third-order valence-electron chi connectivity index (χ3n) is 4.26. The lowest BCUT2D eigenvalue weighted by Crippen LogP contribution is -2.36. The molecule has 1 aliphatic heterocycles. The van der Waals surface area contributed by atoms with Crippen molar-refractivity contribution < 1.29 is 19.1 Å². The number of nitrogens with zero attached hydrogens (tertiary/aromatic N) is 2. The van der Waals surface area contributed by atoms with Gasteiger partial charge in [0, 0.05) is 24.5 Å². The van der Waals surface area contributed by atoms with Crippen LogP contribution in [0.25, 0.3) is 0 Å². The first kappa shape index (κ1) is 18.4. The molecule has 1 aliphatic rings. The predicted molar refractivity (Wildman–Crippen MR) is 96.6 cm³/mol. The molecule has 8 heteroatoms. The van der Waals surface area contributed by atoms with E-state index in [-0.39, 0.29) is 18.9 Å². The fourth-order valence-electron chi connectivity index (χ4n) is 2.83. The Balaban J connectivity index is 1.58. The van der Waals surface area contributed by atoms with Crippen LogP contribution in [0.3, 0.4) is 0 Å². The standard InChI is InChI=1S/C19H20N4O4/c1-27-16-5-3-2-4-14(16)12-23-18(25)15(22-19(23)26)10-17(24)21-11-13-6-8-20-9-7-13/h2-9,15H,10-12H2,1H3,(H,21,24)(H,22,26). The fraction of sp³-hybridized carbons (Fsp3) is 0.263. The second-order valence-electron chi connectivity index (χ2n) is 6.07. The Kier molecular flexibility index (Phi) is 5.65. The van der Waals surface area contributed by atoms with Gasteiger partial charge in [0.2, 0.25) is 5.91 Å². The lowest BCUT2D eigenvalue weighted by atomic mass is 10.1. The Morgan fingerprint density at radius 2 is 1.96 bits per heavy atom. The molecule has 1 aromatic carbocycles. The van der Waals surface area contributed by atoms with Crippen molar-refractivity contribution in [3.05, 3.63) is 59.9 Å². The normalized spacial score (nSPS) is 16.2. The van der Waals surface area contributed by atoms with Gasteiger partial charge in [-0.05, 0) is 23.8 Å². The summed E-state index contributed by atoms with van der Waals surface area (Å²) in [5, 5.41) is 5.30. The molecule has 0 spiro atoms. The number of nitrogens with one attached hydrogen (secondary N) is 2. The van der Waals surface area contributed by atoms with Crippen LogP contribution in [0.5, 0.6) is 5.75 Å². The van der Waals surface area contributed by atoms with E-state index < -0.39 is 18.0 Å². The minimum atomic E-state index is -0.871. The first-order chi connectivity index (χ1) is 13.1. The Labute approximate surface area is 156 Å². The van der Waals surface area contributed by atoms with E-state index in [2.05, 4.69) is 15.6 Å². The average Bonchev–Trinajstić information content (AvgIpc) is 2.95. The van der Waals surface area contributed by atoms with Gasteiger partial charge in [0.25, 0.3) is 5.91 Å². The van der Waals surface area contributed by atoms with Crippen LogP contribution >= 0.6 is 0 Å². The van der Waals surface area contributed by atoms with Gasteiger partial charge in [-0.2, -0.15) is 0 Å². The molecule has 2 N–H and O–H groups in total. The number of carbonyl (C=O) groups excluding carboxylic acids is 3. The Morgan fingerprint density at radius 1 is 1.22 bits per heavy atom. The molecule has 2 aromatic rings. The van der Waals surface area contributed by atoms with Crippen LogP contribution in [0.15, 0.2) is 48.8 Å². The summed E-state index contributed by atoms with van der Waals surface area (Å²) in [6.45, 7) is 0.422. The highest BCUT2D eigenvalue weighted by Crippen LogP contribution is 2.21. The fourth-order valence-corrected chi connectivity index (χ4v) is 2.83. The Bertz CT molecular complexity index is 841. The van der Waals surface area contributed by atoms with Gasteiger partial charge in [0.1, 0.15) is 11.8 Å². The molecule has 27 heavy (non-hydrogen) atoms. The summed E-state index contributed by atoms with van der Waals surface area (Å²) < 4.78 is 5.25. The van der Waals surface area contributed by atoms with Crippen molar-refractivity contribution in [2.24, 2.45) is 0 Å². The van der Waals surface area contributed by atoms with Gasteiger partial charge in [-0.25, -0.2) is 4.79 Å². The summed E-state index contributed by atoms with van der Waals surface area (Å²) in [6, 6.07) is 9.36. The molecule has 1 saturated heterocycles. The quantitative estimate of drug-likeness (QED) is 0.716. The average molecular weight is 368 g/mol. The van der Waals surface area contributed by atoms with E-state index in [1.807, 2.05) is 6.07 Å². The summed E-state index contributed by atoms with van der Waals surface area (Å²) in [7, 11) is 1.53. The molecule has 4 amide bonds. The van der Waals surface area contributed by atoms with Crippen LogP contribution in [-0.2, 0) is 22.7 Å². The third kappa shape index (κ3) is 4.41. The van der Waals surface area contributed by atoms with Gasteiger partial charge < -0.3 is 15.4 Å². The first-order valence-electron chi connectivity index (χ1n) is 8.48.